The molecule has 1 N–H and O–H groups in total. The van der Waals surface area contributed by atoms with Gasteiger partial charge in [-0.15, -0.1) is 10.2 Å². The van der Waals surface area contributed by atoms with Crippen molar-refractivity contribution in [2.24, 2.45) is 0 Å². The molecule has 12 nitrogen and oxygen atoms in total. The fourth-order valence-corrected chi connectivity index (χ4v) is 4.54. The van der Waals surface area contributed by atoms with Crippen LogP contribution in [0.15, 0.2) is 30.6 Å². The van der Waals surface area contributed by atoms with Crippen LogP contribution in [0.2, 0.25) is 0 Å². The van der Waals surface area contributed by atoms with Gasteiger partial charge < -0.3 is 14.2 Å². The molecule has 33 heavy (non-hydrogen) atoms. The number of ether oxygens (including phenoxy) is 3. The van der Waals surface area contributed by atoms with Crippen LogP contribution in [0.5, 0.6) is 11.8 Å². The third-order valence-corrected chi connectivity index (χ3v) is 7.01. The number of methoxy groups -OCH3 is 3. The van der Waals surface area contributed by atoms with E-state index >= 15 is 0 Å². The molecule has 1 aliphatic rings. The van der Waals surface area contributed by atoms with Crippen LogP contribution in [0.4, 0.5) is 5.95 Å². The Bertz CT molecular complexity index is 1210. The van der Waals surface area contributed by atoms with Crippen LogP contribution in [0, 0.1) is 0 Å². The van der Waals surface area contributed by atoms with E-state index in [4.69, 9.17) is 14.2 Å². The molecule has 13 heteroatoms. The molecule has 4 rings (SSSR count). The summed E-state index contributed by atoms with van der Waals surface area (Å²) in [5.74, 6) is 1.33. The third kappa shape index (κ3) is 4.73. The van der Waals surface area contributed by atoms with Gasteiger partial charge in [0.15, 0.2) is 5.82 Å². The van der Waals surface area contributed by atoms with Gasteiger partial charge in [-0.2, -0.15) is 0 Å². The Morgan fingerprint density at radius 3 is 2.42 bits per heavy atom. The summed E-state index contributed by atoms with van der Waals surface area (Å²) in [6, 6.07) is 5.37. The zero-order valence-corrected chi connectivity index (χ0v) is 19.5. The molecule has 0 aliphatic heterocycles. The number of pyridine rings is 1. The monoisotopic (exact) mass is 475 g/mol. The van der Waals surface area contributed by atoms with Crippen LogP contribution < -0.4 is 14.2 Å². The van der Waals surface area contributed by atoms with Crippen molar-refractivity contribution in [3.63, 3.8) is 0 Å². The molecule has 176 valence electrons. The van der Waals surface area contributed by atoms with Crippen molar-refractivity contribution in [2.75, 3.05) is 26.1 Å². The van der Waals surface area contributed by atoms with E-state index in [2.05, 4.69) is 29.9 Å². The molecule has 2 atom stereocenters. The van der Waals surface area contributed by atoms with Crippen molar-refractivity contribution >= 4 is 16.0 Å². The van der Waals surface area contributed by atoms with Crippen LogP contribution in [-0.4, -0.2) is 64.7 Å². The second-order valence-corrected chi connectivity index (χ2v) is 9.54. The maximum atomic E-state index is 13.3. The Balaban J connectivity index is 1.62. The minimum atomic E-state index is -3.94. The average molecular weight is 476 g/mol. The van der Waals surface area contributed by atoms with Gasteiger partial charge in [0.25, 0.3) is 0 Å². The minimum Gasteiger partial charge on any atom is -0.481 e. The summed E-state index contributed by atoms with van der Waals surface area (Å²) < 4.78 is 46.5. The number of rotatable bonds is 10. The van der Waals surface area contributed by atoms with Gasteiger partial charge in [-0.1, -0.05) is 6.07 Å². The fraction of sp³-hybridized carbons (Fsp3) is 0.450. The Morgan fingerprint density at radius 2 is 1.82 bits per heavy atom. The molecule has 0 aromatic carbocycles. The predicted octanol–water partition coefficient (Wildman–Crippen LogP) is 2.00. The number of hydrogen-bond acceptors (Lipinski definition) is 10. The Morgan fingerprint density at radius 1 is 1.06 bits per heavy atom. The van der Waals surface area contributed by atoms with Crippen molar-refractivity contribution in [1.82, 2.24) is 29.7 Å². The molecule has 0 saturated heterocycles. The standard InChI is InChI=1S/C20H25N7O5S/c1-12(18(32-4)15-10-22-17(31-3)11-21-15)33(28,29)26-20-25-24-19(27(20)13-8-9-13)14-6-5-7-16(23-14)30-2/h5-7,10-13,18H,8-9H2,1-4H3,(H,25,26)/t12-,18-/m0/s1. The number of nitrogens with zero attached hydrogens (tertiary/aromatic N) is 6. The highest BCUT2D eigenvalue weighted by molar-refractivity contribution is 7.93. The van der Waals surface area contributed by atoms with Crippen molar-refractivity contribution in [3.8, 4) is 23.3 Å². The van der Waals surface area contributed by atoms with Crippen LogP contribution >= 0.6 is 0 Å². The van der Waals surface area contributed by atoms with Gasteiger partial charge in [0.2, 0.25) is 27.7 Å². The van der Waals surface area contributed by atoms with Crippen molar-refractivity contribution < 1.29 is 22.6 Å². The van der Waals surface area contributed by atoms with Gasteiger partial charge in [-0.05, 0) is 25.8 Å². The highest BCUT2D eigenvalue weighted by Crippen LogP contribution is 2.40. The first-order valence-corrected chi connectivity index (χ1v) is 11.8. The number of sulfonamides is 1. The average Bonchev–Trinajstić information content (AvgIpc) is 3.59. The lowest BCUT2D eigenvalue weighted by Gasteiger charge is -2.22. The summed E-state index contributed by atoms with van der Waals surface area (Å²) in [7, 11) is 0.476. The number of nitrogens with one attached hydrogen (secondary N) is 1. The molecule has 3 aromatic rings. The van der Waals surface area contributed by atoms with E-state index in [1.807, 2.05) is 0 Å². The van der Waals surface area contributed by atoms with Crippen LogP contribution in [0.25, 0.3) is 11.5 Å². The van der Waals surface area contributed by atoms with E-state index in [1.54, 1.807) is 22.8 Å². The second kappa shape index (κ2) is 9.27. The van der Waals surface area contributed by atoms with E-state index in [-0.39, 0.29) is 12.0 Å². The lowest BCUT2D eigenvalue weighted by atomic mass is 10.2. The summed E-state index contributed by atoms with van der Waals surface area (Å²) in [6.07, 6.45) is 3.75. The van der Waals surface area contributed by atoms with Crippen LogP contribution in [0.3, 0.4) is 0 Å². The molecule has 0 amide bonds. The Hall–Kier alpha value is -3.32. The minimum absolute atomic E-state index is 0.0849. The van der Waals surface area contributed by atoms with E-state index in [9.17, 15) is 8.42 Å². The first-order valence-electron chi connectivity index (χ1n) is 10.2. The van der Waals surface area contributed by atoms with Crippen molar-refractivity contribution in [3.05, 3.63) is 36.3 Å². The normalized spacial score (nSPS) is 15.6. The third-order valence-electron chi connectivity index (χ3n) is 5.32. The zero-order valence-electron chi connectivity index (χ0n) is 18.7. The molecular weight excluding hydrogens is 450 g/mol. The first kappa shape index (κ1) is 22.9. The SMILES string of the molecule is COc1cnc([C@@H](OC)[C@H](C)S(=O)(=O)Nc2nnc(-c3cccc(OC)n3)n2C2CC2)cn1. The smallest absolute Gasteiger partial charge is 0.240 e. The lowest BCUT2D eigenvalue weighted by Crippen LogP contribution is -2.33. The van der Waals surface area contributed by atoms with Crippen LogP contribution in [-0.2, 0) is 14.8 Å². The maximum Gasteiger partial charge on any atom is 0.240 e. The predicted molar refractivity (Wildman–Crippen MR) is 118 cm³/mol. The number of anilines is 1. The summed E-state index contributed by atoms with van der Waals surface area (Å²) in [5, 5.41) is 7.32. The summed E-state index contributed by atoms with van der Waals surface area (Å²) in [5.41, 5.74) is 0.900. The van der Waals surface area contributed by atoms with Gasteiger partial charge in [-0.25, -0.2) is 18.4 Å². The molecule has 0 radical (unpaired) electrons. The van der Waals surface area contributed by atoms with Gasteiger partial charge in [0, 0.05) is 19.2 Å². The van der Waals surface area contributed by atoms with E-state index < -0.39 is 21.4 Å². The van der Waals surface area contributed by atoms with Gasteiger partial charge in [-0.3, -0.25) is 14.3 Å². The molecule has 1 aliphatic carbocycles. The van der Waals surface area contributed by atoms with Gasteiger partial charge >= 0.3 is 0 Å². The molecule has 3 heterocycles. The molecule has 0 bridgehead atoms. The van der Waals surface area contributed by atoms with Gasteiger partial charge in [0.05, 0.1) is 32.3 Å². The second-order valence-electron chi connectivity index (χ2n) is 7.51. The molecule has 1 saturated carbocycles. The summed E-state index contributed by atoms with van der Waals surface area (Å²) in [4.78, 5) is 12.7. The lowest BCUT2D eigenvalue weighted by molar-refractivity contribution is 0.0984. The Kier molecular flexibility index (Phi) is 6.42. The zero-order chi connectivity index (χ0) is 23.6. The van der Waals surface area contributed by atoms with Gasteiger partial charge in [0.1, 0.15) is 17.0 Å². The van der Waals surface area contributed by atoms with E-state index in [0.717, 1.165) is 12.8 Å². The first-order chi connectivity index (χ1) is 15.9. The number of hydrogen-bond donors (Lipinski definition) is 1. The van der Waals surface area contributed by atoms with E-state index in [0.29, 0.717) is 29.0 Å². The molecular formula is C20H25N7O5S. The molecule has 3 aromatic heterocycles. The van der Waals surface area contributed by atoms with Crippen molar-refractivity contribution in [1.29, 1.82) is 0 Å². The van der Waals surface area contributed by atoms with E-state index in [1.165, 1.54) is 40.6 Å². The highest BCUT2D eigenvalue weighted by atomic mass is 32.2. The number of aromatic nitrogens is 6. The topological polar surface area (TPSA) is 143 Å². The summed E-state index contributed by atoms with van der Waals surface area (Å²) in [6.45, 7) is 1.53. The summed E-state index contributed by atoms with van der Waals surface area (Å²) >= 11 is 0. The molecule has 1 fully saturated rings. The fourth-order valence-electron chi connectivity index (χ4n) is 3.38. The quantitative estimate of drug-likeness (QED) is 0.462. The van der Waals surface area contributed by atoms with Crippen LogP contribution in [0.1, 0.15) is 37.6 Å². The van der Waals surface area contributed by atoms with Crippen molar-refractivity contribution in [2.45, 2.75) is 37.2 Å². The molecule has 0 spiro atoms. The largest absolute Gasteiger partial charge is 0.481 e. The molecule has 0 unspecified atom stereocenters. The maximum absolute atomic E-state index is 13.3. The Labute approximate surface area is 191 Å². The highest BCUT2D eigenvalue weighted by Gasteiger charge is 2.36.